The van der Waals surface area contributed by atoms with E-state index in [1.54, 1.807) is 0 Å². The Morgan fingerprint density at radius 1 is 1.42 bits per heavy atom. The predicted molar refractivity (Wildman–Crippen MR) is 85.7 cm³/mol. The Balaban J connectivity index is 2.26. The third-order valence-electron chi connectivity index (χ3n) is 2.62. The zero-order valence-corrected chi connectivity index (χ0v) is 14.2. The van der Waals surface area contributed by atoms with Crippen molar-refractivity contribution < 1.29 is 8.95 Å². The monoisotopic (exact) mass is 361 g/mol. The Labute approximate surface area is 128 Å². The van der Waals surface area contributed by atoms with Crippen LogP contribution in [0.15, 0.2) is 29.2 Å². The molecule has 1 aliphatic heterocycles. The maximum Gasteiger partial charge on any atom is 0.130 e. The molecule has 1 atom stereocenters. The summed E-state index contributed by atoms with van der Waals surface area (Å²) in [4.78, 5) is 1.08. The van der Waals surface area contributed by atoms with Crippen molar-refractivity contribution in [3.63, 3.8) is 0 Å². The zero-order chi connectivity index (χ0) is 14.0. The van der Waals surface area contributed by atoms with Crippen molar-refractivity contribution in [2.75, 3.05) is 6.61 Å². The summed E-state index contributed by atoms with van der Waals surface area (Å²) in [7, 11) is 0.356. The summed E-state index contributed by atoms with van der Waals surface area (Å²) < 4.78 is 20.6. The smallest absolute Gasteiger partial charge is 0.130 e. The molecule has 3 nitrogen and oxygen atoms in total. The fourth-order valence-corrected chi connectivity index (χ4v) is 3.14. The van der Waals surface area contributed by atoms with Crippen LogP contribution in [0.1, 0.15) is 26.3 Å². The molecule has 1 heterocycles. The number of nitrogens with one attached hydrogen (secondary N) is 1. The fourth-order valence-electron chi connectivity index (χ4n) is 1.57. The molecule has 0 fully saturated rings. The van der Waals surface area contributed by atoms with Gasteiger partial charge in [-0.1, -0.05) is 0 Å². The van der Waals surface area contributed by atoms with Gasteiger partial charge in [-0.3, -0.25) is 0 Å². The molecule has 0 spiro atoms. The molecule has 0 saturated heterocycles. The summed E-state index contributed by atoms with van der Waals surface area (Å²) in [5, 5.41) is 0. The van der Waals surface area contributed by atoms with Crippen LogP contribution in [0.3, 0.4) is 0 Å². The number of hydrogen-bond donors (Lipinski definition) is 1. The minimum Gasteiger partial charge on any atom is -0.489 e. The third-order valence-corrected chi connectivity index (χ3v) is 5.69. The Morgan fingerprint density at radius 2 is 2.16 bits per heavy atom. The number of hydrogen-bond acceptors (Lipinski definition) is 3. The van der Waals surface area contributed by atoms with E-state index < -0.39 is 11.0 Å². The van der Waals surface area contributed by atoms with Gasteiger partial charge in [0.15, 0.2) is 0 Å². The molecule has 0 amide bonds. The Hall–Kier alpha value is -0.460. The van der Waals surface area contributed by atoms with Crippen molar-refractivity contribution in [3.8, 4) is 5.75 Å². The van der Waals surface area contributed by atoms with Crippen molar-refractivity contribution >= 4 is 41.7 Å². The first-order valence-corrected chi connectivity index (χ1v) is 9.67. The van der Waals surface area contributed by atoms with E-state index in [0.29, 0.717) is 6.61 Å². The van der Waals surface area contributed by atoms with Crippen LogP contribution in [-0.4, -0.2) is 15.6 Å². The van der Waals surface area contributed by atoms with E-state index >= 15 is 0 Å². The van der Waals surface area contributed by atoms with Crippen molar-refractivity contribution in [2.24, 2.45) is 0 Å². The molecule has 1 aliphatic rings. The van der Waals surface area contributed by atoms with Crippen LogP contribution >= 0.6 is 25.0 Å². The van der Waals surface area contributed by atoms with Gasteiger partial charge >= 0.3 is 0 Å². The maximum absolute atomic E-state index is 12.2. The molecule has 1 N–H and O–H groups in total. The molecule has 0 aliphatic carbocycles. The lowest BCUT2D eigenvalue weighted by molar-refractivity contribution is 0.356. The summed E-state index contributed by atoms with van der Waals surface area (Å²) in [6.07, 6.45) is 1.92. The summed E-state index contributed by atoms with van der Waals surface area (Å²) in [6.45, 7) is 6.33. The zero-order valence-electron chi connectivity index (χ0n) is 11.0. The molecule has 0 radical (unpaired) electrons. The van der Waals surface area contributed by atoms with Gasteiger partial charge < -0.3 is 9.46 Å². The Kier molecular flexibility index (Phi) is 4.63. The van der Waals surface area contributed by atoms with E-state index in [2.05, 4.69) is 19.5 Å². The van der Waals surface area contributed by atoms with Crippen molar-refractivity contribution in [1.29, 1.82) is 0 Å². The van der Waals surface area contributed by atoms with Crippen molar-refractivity contribution in [3.05, 3.63) is 29.8 Å². The van der Waals surface area contributed by atoms with Gasteiger partial charge in [0.1, 0.15) is 23.3 Å². The van der Waals surface area contributed by atoms with Crippen LogP contribution in [0.4, 0.5) is 0 Å². The standard InChI is InChI=1S/C13H16BrNO2S2/c1-13(2,3)19(16)15-11-6-7-17-12-8-9(18-14)4-5-10(11)12/h4-6,8,15H,7H2,1-3H3. The predicted octanol–water partition coefficient (Wildman–Crippen LogP) is 3.87. The molecule has 1 unspecified atom stereocenters. The van der Waals surface area contributed by atoms with Crippen LogP contribution in [-0.2, 0) is 11.0 Å². The summed E-state index contributed by atoms with van der Waals surface area (Å²) in [5.41, 5.74) is 1.83. The van der Waals surface area contributed by atoms with E-state index in [0.717, 1.165) is 21.9 Å². The SMILES string of the molecule is CC(C)(C)S(=O)NC1=CCOc2cc(SBr)ccc21. The molecule has 1 aromatic carbocycles. The molecule has 1 aromatic rings. The van der Waals surface area contributed by atoms with Gasteiger partial charge in [0.05, 0.1) is 10.4 Å². The lowest BCUT2D eigenvalue weighted by Gasteiger charge is -2.24. The first kappa shape index (κ1) is 14.9. The second-order valence-electron chi connectivity index (χ2n) is 5.15. The Bertz CT molecular complexity index is 538. The normalized spacial score (nSPS) is 16.1. The van der Waals surface area contributed by atoms with Crippen molar-refractivity contribution in [2.45, 2.75) is 30.4 Å². The molecule has 0 aromatic heterocycles. The molecule has 2 rings (SSSR count). The largest absolute Gasteiger partial charge is 0.489 e. The molecule has 0 bridgehead atoms. The second-order valence-corrected chi connectivity index (χ2v) is 8.71. The van der Waals surface area contributed by atoms with Crippen LogP contribution in [0.5, 0.6) is 5.75 Å². The first-order valence-electron chi connectivity index (χ1n) is 5.86. The van der Waals surface area contributed by atoms with Crippen LogP contribution in [0, 0.1) is 0 Å². The van der Waals surface area contributed by atoms with Crippen LogP contribution in [0.2, 0.25) is 0 Å². The van der Waals surface area contributed by atoms with Gasteiger partial charge in [0.2, 0.25) is 0 Å². The fraction of sp³-hybridized carbons (Fsp3) is 0.385. The maximum atomic E-state index is 12.2. The quantitative estimate of drug-likeness (QED) is 0.887. The highest BCUT2D eigenvalue weighted by molar-refractivity contribution is 9.50. The molecule has 104 valence electrons. The van der Waals surface area contributed by atoms with Gasteiger partial charge in [0, 0.05) is 10.5 Å². The first-order chi connectivity index (χ1) is 8.91. The molecule has 0 saturated carbocycles. The highest BCUT2D eigenvalue weighted by atomic mass is 79.9. The molecular weight excluding hydrogens is 346 g/mol. The molecule has 6 heteroatoms. The second kappa shape index (κ2) is 5.89. The number of halogens is 1. The summed E-state index contributed by atoms with van der Waals surface area (Å²) in [5.74, 6) is 0.820. The van der Waals surface area contributed by atoms with E-state index in [-0.39, 0.29) is 4.75 Å². The average Bonchev–Trinajstić information content (AvgIpc) is 2.37. The van der Waals surface area contributed by atoms with Gasteiger partial charge in [-0.15, -0.1) is 0 Å². The van der Waals surface area contributed by atoms with Crippen LogP contribution in [0.25, 0.3) is 5.70 Å². The summed E-state index contributed by atoms with van der Waals surface area (Å²) in [6, 6.07) is 5.96. The van der Waals surface area contributed by atoms with E-state index in [9.17, 15) is 4.21 Å². The van der Waals surface area contributed by atoms with Gasteiger partial charge in [-0.25, -0.2) is 4.21 Å². The van der Waals surface area contributed by atoms with Gasteiger partial charge in [-0.05, 0) is 70.1 Å². The summed E-state index contributed by atoms with van der Waals surface area (Å²) >= 11 is 3.35. The van der Waals surface area contributed by atoms with E-state index in [1.165, 1.54) is 10.2 Å². The Morgan fingerprint density at radius 3 is 2.79 bits per heavy atom. The lowest BCUT2D eigenvalue weighted by atomic mass is 10.1. The average molecular weight is 362 g/mol. The third kappa shape index (κ3) is 3.55. The van der Waals surface area contributed by atoms with Gasteiger partial charge in [-0.2, -0.15) is 0 Å². The highest BCUT2D eigenvalue weighted by Crippen LogP contribution is 2.35. The minimum absolute atomic E-state index is 0.301. The number of rotatable bonds is 3. The number of ether oxygens (including phenoxy) is 1. The highest BCUT2D eigenvalue weighted by Gasteiger charge is 2.23. The molecule has 19 heavy (non-hydrogen) atoms. The molecular formula is C13H16BrNO2S2. The lowest BCUT2D eigenvalue weighted by Crippen LogP contribution is -2.33. The topological polar surface area (TPSA) is 38.3 Å². The number of fused-ring (bicyclic) bond motifs is 1. The van der Waals surface area contributed by atoms with Gasteiger partial charge in [0.25, 0.3) is 0 Å². The minimum atomic E-state index is -1.14. The van der Waals surface area contributed by atoms with Crippen molar-refractivity contribution in [1.82, 2.24) is 4.72 Å². The number of benzene rings is 1. The van der Waals surface area contributed by atoms with E-state index in [4.69, 9.17) is 4.74 Å². The van der Waals surface area contributed by atoms with E-state index in [1.807, 2.05) is 45.0 Å². The van der Waals surface area contributed by atoms with Crippen LogP contribution < -0.4 is 9.46 Å².